The van der Waals surface area contributed by atoms with Crippen LogP contribution in [0, 0.1) is 5.41 Å². The molecule has 0 saturated heterocycles. The van der Waals surface area contributed by atoms with E-state index in [0.29, 0.717) is 0 Å². The molecule has 12 N–H and O–H groups in total. The van der Waals surface area contributed by atoms with E-state index in [-0.39, 0.29) is 69.9 Å². The number of nitrogens with two attached hydrogens (primary N) is 1. The Morgan fingerprint density at radius 2 is 1.06 bits per heavy atom. The first-order valence-electron chi connectivity index (χ1n) is 10.1. The van der Waals surface area contributed by atoms with Crippen molar-refractivity contribution in [3.8, 4) is 0 Å². The average molecular weight is 512 g/mol. The van der Waals surface area contributed by atoms with E-state index in [2.05, 4.69) is 10.6 Å². The second-order valence-electron chi connectivity index (χ2n) is 7.03. The Morgan fingerprint density at radius 3 is 1.43 bits per heavy atom. The fourth-order valence-corrected chi connectivity index (χ4v) is 2.73. The summed E-state index contributed by atoms with van der Waals surface area (Å²) in [7, 11) is 0. The molecular formula is C18H37N7O10. The van der Waals surface area contributed by atoms with E-state index in [1.54, 1.807) is 0 Å². The van der Waals surface area contributed by atoms with Crippen molar-refractivity contribution in [2.75, 3.05) is 78.5 Å². The standard InChI is InChI=1S/C18H33N7O8.2H2O/c19-1-3-21-14(26)9-24(12-17(30)31)7-5-23(11-16(28)29)6-8-25(13-18(32)33)10-15(27)22-4-2-20;;/h1,19H,2-13,20H2,(H,21,26)(H,22,27)(H,28,29)(H,30,31)(H,32,33);2*1H2. The third-order valence-electron chi connectivity index (χ3n) is 4.14. The van der Waals surface area contributed by atoms with Crippen molar-refractivity contribution in [1.82, 2.24) is 25.3 Å². The van der Waals surface area contributed by atoms with E-state index >= 15 is 0 Å². The largest absolute Gasteiger partial charge is 0.480 e. The smallest absolute Gasteiger partial charge is 0.317 e. The van der Waals surface area contributed by atoms with Gasteiger partial charge in [0.25, 0.3) is 0 Å². The summed E-state index contributed by atoms with van der Waals surface area (Å²) in [5.41, 5.74) is 5.31. The van der Waals surface area contributed by atoms with Crippen LogP contribution in [0.15, 0.2) is 0 Å². The van der Waals surface area contributed by atoms with Gasteiger partial charge in [0.15, 0.2) is 0 Å². The van der Waals surface area contributed by atoms with E-state index < -0.39 is 49.4 Å². The van der Waals surface area contributed by atoms with Crippen molar-refractivity contribution in [2.45, 2.75) is 0 Å². The maximum Gasteiger partial charge on any atom is 0.317 e. The molecule has 0 fully saturated rings. The molecule has 204 valence electrons. The van der Waals surface area contributed by atoms with Crippen molar-refractivity contribution in [3.05, 3.63) is 0 Å². The third kappa shape index (κ3) is 21.1. The van der Waals surface area contributed by atoms with Gasteiger partial charge in [-0.05, 0) is 0 Å². The van der Waals surface area contributed by atoms with Gasteiger partial charge in [0, 0.05) is 45.5 Å². The minimum atomic E-state index is -1.17. The highest BCUT2D eigenvalue weighted by molar-refractivity contribution is 5.81. The molecule has 0 unspecified atom stereocenters. The zero-order valence-electron chi connectivity index (χ0n) is 19.4. The molecule has 0 aromatic carbocycles. The number of hydrogen-bond acceptors (Lipinski definition) is 10. The molecule has 2 amide bonds. The van der Waals surface area contributed by atoms with E-state index in [1.165, 1.54) is 14.7 Å². The van der Waals surface area contributed by atoms with Crippen molar-refractivity contribution in [1.29, 1.82) is 5.41 Å². The van der Waals surface area contributed by atoms with Gasteiger partial charge in [0.1, 0.15) is 0 Å². The summed E-state index contributed by atoms with van der Waals surface area (Å²) in [6, 6.07) is 0. The van der Waals surface area contributed by atoms with Gasteiger partial charge in [-0.2, -0.15) is 0 Å². The topological polar surface area (TPSA) is 293 Å². The van der Waals surface area contributed by atoms with Crippen LogP contribution in [-0.4, -0.2) is 155 Å². The highest BCUT2D eigenvalue weighted by atomic mass is 16.4. The number of nitrogens with zero attached hydrogens (tertiary/aromatic N) is 3. The maximum absolute atomic E-state index is 11.9. The lowest BCUT2D eigenvalue weighted by molar-refractivity contribution is -0.141. The molecule has 0 aromatic rings. The summed E-state index contributed by atoms with van der Waals surface area (Å²) < 4.78 is 0. The van der Waals surface area contributed by atoms with Gasteiger partial charge < -0.3 is 48.0 Å². The van der Waals surface area contributed by atoms with E-state index in [9.17, 15) is 29.1 Å². The van der Waals surface area contributed by atoms with Gasteiger partial charge in [-0.25, -0.2) is 0 Å². The number of hydrogen-bond donors (Lipinski definition) is 7. The van der Waals surface area contributed by atoms with Crippen LogP contribution in [0.3, 0.4) is 0 Å². The maximum atomic E-state index is 11.9. The van der Waals surface area contributed by atoms with Crippen LogP contribution in [0.25, 0.3) is 0 Å². The molecule has 0 atom stereocenters. The molecule has 0 saturated carbocycles. The number of nitrogens with one attached hydrogen (secondary N) is 3. The Bertz CT molecular complexity index is 680. The number of amides is 2. The monoisotopic (exact) mass is 511 g/mol. The summed E-state index contributed by atoms with van der Waals surface area (Å²) in [4.78, 5) is 61.3. The van der Waals surface area contributed by atoms with Crippen molar-refractivity contribution >= 4 is 35.9 Å². The van der Waals surface area contributed by atoms with Crippen molar-refractivity contribution in [2.24, 2.45) is 5.73 Å². The van der Waals surface area contributed by atoms with Crippen LogP contribution in [0.1, 0.15) is 0 Å². The molecule has 0 aliphatic carbocycles. The second-order valence-corrected chi connectivity index (χ2v) is 7.03. The molecule has 0 aliphatic heterocycles. The molecule has 0 radical (unpaired) electrons. The van der Waals surface area contributed by atoms with Crippen molar-refractivity contribution in [3.63, 3.8) is 0 Å². The number of rotatable bonds is 20. The second kappa shape index (κ2) is 21.3. The Kier molecular flexibility index (Phi) is 22.1. The van der Waals surface area contributed by atoms with E-state index in [4.69, 9.17) is 21.4 Å². The average Bonchev–Trinajstić information content (AvgIpc) is 2.71. The van der Waals surface area contributed by atoms with Gasteiger partial charge in [0.05, 0.1) is 39.3 Å². The molecule has 17 nitrogen and oxygen atoms in total. The number of carboxylic acid groups (broad SMARTS) is 3. The lowest BCUT2D eigenvalue weighted by atomic mass is 10.3. The van der Waals surface area contributed by atoms with Crippen LogP contribution >= 0.6 is 0 Å². The molecule has 0 bridgehead atoms. The highest BCUT2D eigenvalue weighted by Gasteiger charge is 2.19. The van der Waals surface area contributed by atoms with Gasteiger partial charge >= 0.3 is 17.9 Å². The van der Waals surface area contributed by atoms with Gasteiger partial charge in [-0.3, -0.25) is 38.7 Å². The predicted octanol–water partition coefficient (Wildman–Crippen LogP) is -5.66. The van der Waals surface area contributed by atoms with Gasteiger partial charge in [0.2, 0.25) is 11.8 Å². The normalized spacial score (nSPS) is 10.3. The predicted molar refractivity (Wildman–Crippen MR) is 123 cm³/mol. The quantitative estimate of drug-likeness (QED) is 0.0752. The summed E-state index contributed by atoms with van der Waals surface area (Å²) >= 11 is 0. The minimum Gasteiger partial charge on any atom is -0.480 e. The Labute approximate surface area is 201 Å². The van der Waals surface area contributed by atoms with Crippen LogP contribution in [0.5, 0.6) is 0 Å². The first-order valence-corrected chi connectivity index (χ1v) is 10.1. The minimum absolute atomic E-state index is 0. The number of aliphatic carboxylic acids is 3. The lowest BCUT2D eigenvalue weighted by Crippen LogP contribution is -2.47. The summed E-state index contributed by atoms with van der Waals surface area (Å²) in [5.74, 6) is -4.38. The lowest BCUT2D eigenvalue weighted by Gasteiger charge is -2.28. The first kappa shape index (κ1) is 36.4. The summed E-state index contributed by atoms with van der Waals surface area (Å²) in [6.45, 7) is -1.02. The number of carbonyl (C=O) groups excluding carboxylic acids is 2. The summed E-state index contributed by atoms with van der Waals surface area (Å²) in [6.07, 6.45) is 0.979. The molecule has 0 aliphatic rings. The number of carboxylic acids is 3. The van der Waals surface area contributed by atoms with Gasteiger partial charge in [-0.15, -0.1) is 0 Å². The van der Waals surface area contributed by atoms with E-state index in [1.807, 2.05) is 0 Å². The van der Waals surface area contributed by atoms with Crippen LogP contribution in [0.2, 0.25) is 0 Å². The van der Waals surface area contributed by atoms with Crippen LogP contribution < -0.4 is 16.4 Å². The zero-order valence-corrected chi connectivity index (χ0v) is 19.4. The molecule has 0 rings (SSSR count). The van der Waals surface area contributed by atoms with Gasteiger partial charge in [-0.1, -0.05) is 0 Å². The molecule has 0 aromatic heterocycles. The van der Waals surface area contributed by atoms with Crippen molar-refractivity contribution < 1.29 is 50.2 Å². The van der Waals surface area contributed by atoms with E-state index in [0.717, 1.165) is 6.21 Å². The zero-order chi connectivity index (χ0) is 25.2. The van der Waals surface area contributed by atoms with Crippen LogP contribution in [0.4, 0.5) is 0 Å². The fourth-order valence-electron chi connectivity index (χ4n) is 2.73. The molecule has 0 heterocycles. The number of carbonyl (C=O) groups is 5. The third-order valence-corrected chi connectivity index (χ3v) is 4.14. The summed E-state index contributed by atoms with van der Waals surface area (Å²) in [5, 5.41) is 39.2. The Morgan fingerprint density at radius 1 is 0.686 bits per heavy atom. The fraction of sp³-hybridized carbons (Fsp3) is 0.667. The van der Waals surface area contributed by atoms with Crippen LogP contribution in [-0.2, 0) is 24.0 Å². The Hall–Kier alpha value is -3.22. The first-order chi connectivity index (χ1) is 15.6. The highest BCUT2D eigenvalue weighted by Crippen LogP contribution is 1.97. The molecular weight excluding hydrogens is 474 g/mol. The molecule has 35 heavy (non-hydrogen) atoms. The molecule has 0 spiro atoms. The molecule has 17 heteroatoms. The SMILES string of the molecule is N=CCNC(=O)CN(CCN(CCN(CC(=O)O)CC(=O)NCCN)CC(=O)O)CC(=O)O.O.O. The Balaban J connectivity index is -0.00000512.